The summed E-state index contributed by atoms with van der Waals surface area (Å²) in [5, 5.41) is 0.294. The van der Waals surface area contributed by atoms with E-state index in [4.69, 9.17) is 11.6 Å². The second-order valence-electron chi connectivity index (χ2n) is 3.55. The van der Waals surface area contributed by atoms with Crippen LogP contribution in [0, 0.1) is 5.82 Å². The van der Waals surface area contributed by atoms with Gasteiger partial charge in [-0.1, -0.05) is 33.6 Å². The maximum absolute atomic E-state index is 13.8. The molecule has 0 heterocycles. The molecule has 0 aliphatic heterocycles. The number of halogens is 4. The third-order valence-corrected chi connectivity index (χ3v) is 3.80. The van der Waals surface area contributed by atoms with Crippen LogP contribution in [0.5, 0.6) is 0 Å². The van der Waals surface area contributed by atoms with E-state index >= 15 is 0 Å². The fraction of sp³-hybridized carbons (Fsp3) is 0. The van der Waals surface area contributed by atoms with E-state index in [0.29, 0.717) is 9.50 Å². The Hall–Kier alpha value is -0.710. The minimum Gasteiger partial charge on any atom is -0.288 e. The molecule has 18 heavy (non-hydrogen) atoms. The topological polar surface area (TPSA) is 17.1 Å². The van der Waals surface area contributed by atoms with Crippen LogP contribution in [0.15, 0.2) is 45.3 Å². The highest BCUT2D eigenvalue weighted by molar-refractivity contribution is 9.10. The lowest BCUT2D eigenvalue weighted by molar-refractivity contribution is 0.103. The number of carbonyl (C=O) groups excluding carboxylic acids is 1. The molecule has 0 saturated carbocycles. The summed E-state index contributed by atoms with van der Waals surface area (Å²) in [7, 11) is 0. The van der Waals surface area contributed by atoms with E-state index < -0.39 is 11.6 Å². The Kier molecular flexibility index (Phi) is 4.20. The van der Waals surface area contributed by atoms with Gasteiger partial charge in [-0.15, -0.1) is 0 Å². The maximum Gasteiger partial charge on any atom is 0.197 e. The Bertz CT molecular complexity index is 624. The standard InChI is InChI=1S/C13H6Br2ClFO/c14-7-4-5-11(16)9(6-7)13(18)8-2-1-3-10(15)12(8)17/h1-6H. The zero-order valence-electron chi connectivity index (χ0n) is 8.88. The SMILES string of the molecule is O=C(c1cc(Br)ccc1Cl)c1cccc(Br)c1F. The van der Waals surface area contributed by atoms with Crippen LogP contribution in [0.3, 0.4) is 0 Å². The maximum atomic E-state index is 13.8. The molecule has 0 atom stereocenters. The summed E-state index contributed by atoms with van der Waals surface area (Å²) in [6, 6.07) is 9.46. The average Bonchev–Trinajstić information content (AvgIpc) is 2.35. The van der Waals surface area contributed by atoms with Gasteiger partial charge in [0.2, 0.25) is 0 Å². The molecule has 5 heteroatoms. The molecule has 0 aromatic heterocycles. The zero-order chi connectivity index (χ0) is 13.3. The molecule has 0 unspecified atom stereocenters. The van der Waals surface area contributed by atoms with Crippen molar-refractivity contribution in [2.75, 3.05) is 0 Å². The molecule has 0 saturated heterocycles. The fourth-order valence-corrected chi connectivity index (χ4v) is 2.43. The number of hydrogen-bond donors (Lipinski definition) is 0. The van der Waals surface area contributed by atoms with Gasteiger partial charge in [-0.3, -0.25) is 4.79 Å². The van der Waals surface area contributed by atoms with E-state index in [1.54, 1.807) is 24.3 Å². The largest absolute Gasteiger partial charge is 0.288 e. The van der Waals surface area contributed by atoms with Crippen LogP contribution >= 0.6 is 43.5 Å². The molecule has 0 radical (unpaired) electrons. The van der Waals surface area contributed by atoms with Crippen molar-refractivity contribution >= 4 is 49.2 Å². The van der Waals surface area contributed by atoms with Crippen molar-refractivity contribution in [3.05, 3.63) is 67.3 Å². The summed E-state index contributed by atoms with van der Waals surface area (Å²) in [5.74, 6) is -1.03. The van der Waals surface area contributed by atoms with Gasteiger partial charge in [-0.25, -0.2) is 4.39 Å². The second-order valence-corrected chi connectivity index (χ2v) is 5.73. The predicted molar refractivity (Wildman–Crippen MR) is 76.7 cm³/mol. The first-order chi connectivity index (χ1) is 8.50. The van der Waals surface area contributed by atoms with Gasteiger partial charge in [0.25, 0.3) is 0 Å². The molecule has 92 valence electrons. The number of carbonyl (C=O) groups is 1. The van der Waals surface area contributed by atoms with Gasteiger partial charge in [-0.05, 0) is 46.3 Å². The van der Waals surface area contributed by atoms with Gasteiger partial charge in [-0.2, -0.15) is 0 Å². The summed E-state index contributed by atoms with van der Waals surface area (Å²) in [6.07, 6.45) is 0. The van der Waals surface area contributed by atoms with Crippen molar-refractivity contribution in [1.82, 2.24) is 0 Å². The Morgan fingerprint density at radius 1 is 1.11 bits per heavy atom. The van der Waals surface area contributed by atoms with Gasteiger partial charge >= 0.3 is 0 Å². The highest BCUT2D eigenvalue weighted by Crippen LogP contribution is 2.26. The van der Waals surface area contributed by atoms with Crippen LogP contribution in [0.1, 0.15) is 15.9 Å². The third-order valence-electron chi connectivity index (χ3n) is 2.37. The number of ketones is 1. The Morgan fingerprint density at radius 2 is 1.83 bits per heavy atom. The highest BCUT2D eigenvalue weighted by Gasteiger charge is 2.18. The first-order valence-corrected chi connectivity index (χ1v) is 6.91. The predicted octanol–water partition coefficient (Wildman–Crippen LogP) is 5.24. The van der Waals surface area contributed by atoms with Crippen LogP contribution in [-0.2, 0) is 0 Å². The van der Waals surface area contributed by atoms with Crippen molar-refractivity contribution in [3.63, 3.8) is 0 Å². The molecule has 2 rings (SSSR count). The average molecular weight is 392 g/mol. The van der Waals surface area contributed by atoms with Gasteiger partial charge < -0.3 is 0 Å². The Morgan fingerprint density at radius 3 is 2.56 bits per heavy atom. The molecule has 0 bridgehead atoms. The highest BCUT2D eigenvalue weighted by atomic mass is 79.9. The number of benzene rings is 2. The summed E-state index contributed by atoms with van der Waals surface area (Å²) < 4.78 is 14.8. The molecule has 0 fully saturated rings. The van der Waals surface area contributed by atoms with Crippen LogP contribution in [-0.4, -0.2) is 5.78 Å². The van der Waals surface area contributed by atoms with Crippen LogP contribution in [0.25, 0.3) is 0 Å². The molecule has 2 aromatic carbocycles. The van der Waals surface area contributed by atoms with Crippen molar-refractivity contribution in [2.24, 2.45) is 0 Å². The second kappa shape index (κ2) is 5.51. The van der Waals surface area contributed by atoms with Crippen LogP contribution in [0.2, 0.25) is 5.02 Å². The summed E-state index contributed by atoms with van der Waals surface area (Å²) in [5.41, 5.74) is 0.257. The number of hydrogen-bond acceptors (Lipinski definition) is 1. The summed E-state index contributed by atoms with van der Waals surface area (Å²) >= 11 is 12.3. The number of rotatable bonds is 2. The van der Waals surface area contributed by atoms with Crippen molar-refractivity contribution in [3.8, 4) is 0 Å². The van der Waals surface area contributed by atoms with E-state index in [9.17, 15) is 9.18 Å². The van der Waals surface area contributed by atoms with E-state index in [2.05, 4.69) is 31.9 Å². The molecule has 0 amide bonds. The Labute approximate surface area is 125 Å². The molecule has 0 aliphatic rings. The molecule has 0 N–H and O–H groups in total. The molecule has 0 aliphatic carbocycles. The lowest BCUT2D eigenvalue weighted by atomic mass is 10.0. The fourth-order valence-electron chi connectivity index (χ4n) is 1.50. The summed E-state index contributed by atoms with van der Waals surface area (Å²) in [4.78, 5) is 12.2. The van der Waals surface area contributed by atoms with E-state index in [-0.39, 0.29) is 15.6 Å². The van der Waals surface area contributed by atoms with Crippen LogP contribution in [0.4, 0.5) is 4.39 Å². The van der Waals surface area contributed by atoms with Gasteiger partial charge in [0.15, 0.2) is 5.78 Å². The molecular formula is C13H6Br2ClFO. The lowest BCUT2D eigenvalue weighted by Crippen LogP contribution is -2.05. The van der Waals surface area contributed by atoms with E-state index in [1.807, 2.05) is 0 Å². The first kappa shape index (κ1) is 13.7. The first-order valence-electron chi connectivity index (χ1n) is 4.94. The molecular weight excluding hydrogens is 386 g/mol. The smallest absolute Gasteiger partial charge is 0.197 e. The molecule has 1 nitrogen and oxygen atoms in total. The van der Waals surface area contributed by atoms with Gasteiger partial charge in [0.1, 0.15) is 5.82 Å². The lowest BCUT2D eigenvalue weighted by Gasteiger charge is -2.06. The van der Waals surface area contributed by atoms with Crippen LogP contribution < -0.4 is 0 Å². The monoisotopic (exact) mass is 390 g/mol. The van der Waals surface area contributed by atoms with E-state index in [1.165, 1.54) is 12.1 Å². The van der Waals surface area contributed by atoms with Gasteiger partial charge in [0.05, 0.1) is 15.1 Å². The zero-order valence-corrected chi connectivity index (χ0v) is 12.8. The summed E-state index contributed by atoms with van der Waals surface area (Å²) in [6.45, 7) is 0. The van der Waals surface area contributed by atoms with Gasteiger partial charge in [0, 0.05) is 10.0 Å². The van der Waals surface area contributed by atoms with Crippen molar-refractivity contribution < 1.29 is 9.18 Å². The molecule has 2 aromatic rings. The quantitative estimate of drug-likeness (QED) is 0.639. The Balaban J connectivity index is 2.55. The molecule has 0 spiro atoms. The van der Waals surface area contributed by atoms with Crippen molar-refractivity contribution in [2.45, 2.75) is 0 Å². The van der Waals surface area contributed by atoms with Crippen molar-refractivity contribution in [1.29, 1.82) is 0 Å². The normalized spacial score (nSPS) is 10.4. The minimum absolute atomic E-state index is 0.00984. The van der Waals surface area contributed by atoms with E-state index in [0.717, 1.165) is 0 Å². The minimum atomic E-state index is -0.585. The third kappa shape index (κ3) is 2.66.